The Morgan fingerprint density at radius 3 is 2.05 bits per heavy atom. The van der Waals surface area contributed by atoms with Crippen molar-refractivity contribution in [3.8, 4) is 0 Å². The van der Waals surface area contributed by atoms with Crippen LogP contribution in [0, 0.1) is 35.0 Å². The molecule has 0 radical (unpaired) electrons. The SMILES string of the molecule is CC(Nc1c(F)c(F)c(F)c(F)c1F)C1CCCNC1. The van der Waals surface area contributed by atoms with E-state index in [0.29, 0.717) is 6.54 Å². The molecular formula is C13H15F5N2. The van der Waals surface area contributed by atoms with Gasteiger partial charge >= 0.3 is 0 Å². The highest BCUT2D eigenvalue weighted by Gasteiger charge is 2.28. The van der Waals surface area contributed by atoms with Gasteiger partial charge in [-0.2, -0.15) is 0 Å². The predicted molar refractivity (Wildman–Crippen MR) is 64.9 cm³/mol. The molecule has 0 bridgehead atoms. The Morgan fingerprint density at radius 1 is 1.00 bits per heavy atom. The zero-order valence-corrected chi connectivity index (χ0v) is 10.9. The Labute approximate surface area is 113 Å². The lowest BCUT2D eigenvalue weighted by Gasteiger charge is -2.29. The molecule has 2 unspecified atom stereocenters. The molecule has 1 aliphatic rings. The fourth-order valence-corrected chi connectivity index (χ4v) is 2.38. The summed E-state index contributed by atoms with van der Waals surface area (Å²) in [5.41, 5.74) is -0.959. The zero-order valence-electron chi connectivity index (χ0n) is 10.9. The summed E-state index contributed by atoms with van der Waals surface area (Å²) in [5.74, 6) is -9.58. The first kappa shape index (κ1) is 15.0. The molecular weight excluding hydrogens is 279 g/mol. The van der Waals surface area contributed by atoms with Gasteiger partial charge in [0.1, 0.15) is 5.69 Å². The van der Waals surface area contributed by atoms with Crippen LogP contribution in [-0.2, 0) is 0 Å². The van der Waals surface area contributed by atoms with E-state index in [-0.39, 0.29) is 5.92 Å². The van der Waals surface area contributed by atoms with E-state index in [1.165, 1.54) is 0 Å². The van der Waals surface area contributed by atoms with Crippen LogP contribution in [0.4, 0.5) is 27.6 Å². The number of halogens is 5. The van der Waals surface area contributed by atoms with Gasteiger partial charge in [0.05, 0.1) is 0 Å². The number of anilines is 1. The van der Waals surface area contributed by atoms with Gasteiger partial charge in [-0.25, -0.2) is 22.0 Å². The van der Waals surface area contributed by atoms with Crippen molar-refractivity contribution in [2.75, 3.05) is 18.4 Å². The van der Waals surface area contributed by atoms with Gasteiger partial charge in [0, 0.05) is 6.04 Å². The van der Waals surface area contributed by atoms with E-state index in [2.05, 4.69) is 10.6 Å². The molecule has 1 fully saturated rings. The average molecular weight is 294 g/mol. The molecule has 112 valence electrons. The molecule has 0 spiro atoms. The molecule has 7 heteroatoms. The van der Waals surface area contributed by atoms with Crippen LogP contribution in [0.2, 0.25) is 0 Å². The van der Waals surface area contributed by atoms with E-state index in [1.807, 2.05) is 0 Å². The fraction of sp³-hybridized carbons (Fsp3) is 0.538. The normalized spacial score (nSPS) is 20.8. The van der Waals surface area contributed by atoms with Crippen molar-refractivity contribution in [2.45, 2.75) is 25.8 Å². The topological polar surface area (TPSA) is 24.1 Å². The van der Waals surface area contributed by atoms with Gasteiger partial charge in [-0.3, -0.25) is 0 Å². The summed E-state index contributed by atoms with van der Waals surface area (Å²) in [6, 6.07) is -0.406. The van der Waals surface area contributed by atoms with E-state index >= 15 is 0 Å². The molecule has 0 aliphatic carbocycles. The third-order valence-electron chi connectivity index (χ3n) is 3.62. The highest BCUT2D eigenvalue weighted by molar-refractivity contribution is 5.48. The first-order valence-electron chi connectivity index (χ1n) is 6.42. The molecule has 1 aromatic rings. The lowest BCUT2D eigenvalue weighted by atomic mass is 9.92. The number of hydrogen-bond acceptors (Lipinski definition) is 2. The summed E-state index contributed by atoms with van der Waals surface area (Å²) in [7, 11) is 0. The highest BCUT2D eigenvalue weighted by atomic mass is 19.2. The van der Waals surface area contributed by atoms with Crippen molar-refractivity contribution in [2.24, 2.45) is 5.92 Å². The average Bonchev–Trinajstić information content (AvgIpc) is 2.48. The van der Waals surface area contributed by atoms with Crippen molar-refractivity contribution in [1.82, 2.24) is 5.32 Å². The van der Waals surface area contributed by atoms with Crippen LogP contribution < -0.4 is 10.6 Å². The van der Waals surface area contributed by atoms with Crippen molar-refractivity contribution in [1.29, 1.82) is 0 Å². The van der Waals surface area contributed by atoms with Crippen LogP contribution in [0.5, 0.6) is 0 Å². The maximum Gasteiger partial charge on any atom is 0.200 e. The minimum Gasteiger partial charge on any atom is -0.377 e. The van der Waals surface area contributed by atoms with Gasteiger partial charge in [-0.05, 0) is 38.8 Å². The zero-order chi connectivity index (χ0) is 14.9. The Morgan fingerprint density at radius 2 is 1.55 bits per heavy atom. The summed E-state index contributed by atoms with van der Waals surface area (Å²) in [4.78, 5) is 0. The van der Waals surface area contributed by atoms with Gasteiger partial charge in [0.2, 0.25) is 5.82 Å². The van der Waals surface area contributed by atoms with Crippen LogP contribution in [-0.4, -0.2) is 19.1 Å². The van der Waals surface area contributed by atoms with Crippen molar-refractivity contribution < 1.29 is 22.0 Å². The fourth-order valence-electron chi connectivity index (χ4n) is 2.38. The maximum absolute atomic E-state index is 13.5. The summed E-state index contributed by atoms with van der Waals surface area (Å²) in [6.07, 6.45) is 1.74. The third kappa shape index (κ3) is 2.72. The highest BCUT2D eigenvalue weighted by Crippen LogP contribution is 2.29. The van der Waals surface area contributed by atoms with Crippen molar-refractivity contribution >= 4 is 5.69 Å². The number of piperidine rings is 1. The third-order valence-corrected chi connectivity index (χ3v) is 3.62. The van der Waals surface area contributed by atoms with Crippen LogP contribution in [0.1, 0.15) is 19.8 Å². The van der Waals surface area contributed by atoms with Gasteiger partial charge in [-0.15, -0.1) is 0 Å². The standard InChI is InChI=1S/C13H15F5N2/c1-6(7-3-2-4-19-5-7)20-13-11(17)9(15)8(14)10(16)12(13)18/h6-7,19-20H,2-5H2,1H3. The van der Waals surface area contributed by atoms with Crippen LogP contribution in [0.25, 0.3) is 0 Å². The number of hydrogen-bond donors (Lipinski definition) is 2. The molecule has 2 N–H and O–H groups in total. The first-order valence-corrected chi connectivity index (χ1v) is 6.42. The molecule has 2 nitrogen and oxygen atoms in total. The van der Waals surface area contributed by atoms with Gasteiger partial charge in [0.25, 0.3) is 0 Å². The molecule has 1 aromatic carbocycles. The van der Waals surface area contributed by atoms with Gasteiger partial charge in [0.15, 0.2) is 23.3 Å². The van der Waals surface area contributed by atoms with Crippen LogP contribution in [0.15, 0.2) is 0 Å². The van der Waals surface area contributed by atoms with Gasteiger partial charge < -0.3 is 10.6 Å². The Kier molecular flexibility index (Phi) is 4.47. The largest absolute Gasteiger partial charge is 0.377 e. The minimum atomic E-state index is -2.14. The van der Waals surface area contributed by atoms with Crippen LogP contribution in [0.3, 0.4) is 0 Å². The Balaban J connectivity index is 2.24. The summed E-state index contributed by atoms with van der Waals surface area (Å²) >= 11 is 0. The van der Waals surface area contributed by atoms with E-state index in [4.69, 9.17) is 0 Å². The predicted octanol–water partition coefficient (Wildman–Crippen LogP) is 3.18. The molecule has 0 aromatic heterocycles. The summed E-state index contributed by atoms with van der Waals surface area (Å²) < 4.78 is 66.2. The Hall–Kier alpha value is -1.37. The smallest absolute Gasteiger partial charge is 0.200 e. The molecule has 0 saturated carbocycles. The molecule has 20 heavy (non-hydrogen) atoms. The maximum atomic E-state index is 13.5. The summed E-state index contributed by atoms with van der Waals surface area (Å²) in [5, 5.41) is 5.55. The lowest BCUT2D eigenvalue weighted by Crippen LogP contribution is -2.39. The molecule has 2 atom stereocenters. The van der Waals surface area contributed by atoms with E-state index in [9.17, 15) is 22.0 Å². The summed E-state index contributed by atoms with van der Waals surface area (Å²) in [6.45, 7) is 3.17. The molecule has 0 amide bonds. The van der Waals surface area contributed by atoms with E-state index in [0.717, 1.165) is 19.4 Å². The first-order chi connectivity index (χ1) is 9.43. The number of nitrogens with one attached hydrogen (secondary N) is 2. The van der Waals surface area contributed by atoms with E-state index in [1.54, 1.807) is 6.92 Å². The monoisotopic (exact) mass is 294 g/mol. The minimum absolute atomic E-state index is 0.0683. The molecule has 1 saturated heterocycles. The number of rotatable bonds is 3. The molecule has 1 heterocycles. The van der Waals surface area contributed by atoms with Gasteiger partial charge in [-0.1, -0.05) is 0 Å². The van der Waals surface area contributed by atoms with Crippen molar-refractivity contribution in [3.63, 3.8) is 0 Å². The molecule has 2 rings (SSSR count). The van der Waals surface area contributed by atoms with E-state index < -0.39 is 40.8 Å². The van der Waals surface area contributed by atoms with Crippen LogP contribution >= 0.6 is 0 Å². The second-order valence-corrected chi connectivity index (χ2v) is 4.98. The molecule has 1 aliphatic heterocycles. The Bertz CT molecular complexity index is 471. The second kappa shape index (κ2) is 5.95. The number of benzene rings is 1. The quantitative estimate of drug-likeness (QED) is 0.508. The second-order valence-electron chi connectivity index (χ2n) is 4.98. The van der Waals surface area contributed by atoms with Crippen molar-refractivity contribution in [3.05, 3.63) is 29.1 Å². The lowest BCUT2D eigenvalue weighted by molar-refractivity contribution is 0.342.